The van der Waals surface area contributed by atoms with E-state index in [-0.39, 0.29) is 17.6 Å². The monoisotopic (exact) mass is 861 g/mol. The van der Waals surface area contributed by atoms with Crippen LogP contribution in [-0.2, 0) is 26.1 Å². The molecule has 1 saturated carbocycles. The zero-order valence-corrected chi connectivity index (χ0v) is 36.4. The number of aromatic nitrogens is 6. The average molecular weight is 862 g/mol. The minimum Gasteiger partial charge on any atom is -0.381 e. The number of aryl methyl sites for hydroxylation is 2. The van der Waals surface area contributed by atoms with Crippen LogP contribution in [0.15, 0.2) is 76.9 Å². The van der Waals surface area contributed by atoms with Gasteiger partial charge < -0.3 is 34.0 Å². The minimum atomic E-state index is -2.74. The van der Waals surface area contributed by atoms with Crippen molar-refractivity contribution in [1.29, 1.82) is 0 Å². The van der Waals surface area contributed by atoms with Gasteiger partial charge in [0.15, 0.2) is 5.84 Å². The molecule has 4 unspecified atom stereocenters. The number of rotatable bonds is 8. The summed E-state index contributed by atoms with van der Waals surface area (Å²) in [7, 11) is -2.74. The average Bonchev–Trinajstić information content (AvgIpc) is 3.75. The molecule has 2 fully saturated rings. The van der Waals surface area contributed by atoms with E-state index < -0.39 is 30.8 Å². The molecule has 1 amide bonds. The molecule has 10 rings (SSSR count). The summed E-state index contributed by atoms with van der Waals surface area (Å²) in [6.45, 7) is 12.4. The van der Waals surface area contributed by atoms with Crippen LogP contribution >= 0.6 is 7.14 Å². The van der Waals surface area contributed by atoms with E-state index in [1.54, 1.807) is 74.6 Å². The van der Waals surface area contributed by atoms with Gasteiger partial charge in [0.1, 0.15) is 41.3 Å². The Labute approximate surface area is 357 Å². The summed E-state index contributed by atoms with van der Waals surface area (Å²) in [6.07, 6.45) is 4.84. The van der Waals surface area contributed by atoms with E-state index in [0.29, 0.717) is 95.2 Å². The highest BCUT2D eigenvalue weighted by Crippen LogP contribution is 2.54. The largest absolute Gasteiger partial charge is 0.381 e. The first-order valence-corrected chi connectivity index (χ1v) is 23.7. The highest BCUT2D eigenvalue weighted by molar-refractivity contribution is 7.69. The maximum absolute atomic E-state index is 15.5. The van der Waals surface area contributed by atoms with Crippen LogP contribution in [0.3, 0.4) is 0 Å². The fourth-order valence-electron chi connectivity index (χ4n) is 9.83. The first-order valence-electron chi connectivity index (χ1n) is 21.1. The van der Waals surface area contributed by atoms with E-state index in [2.05, 4.69) is 45.1 Å². The molecule has 17 heteroatoms. The Morgan fingerprint density at radius 3 is 2.42 bits per heavy atom. The molecule has 2 N–H and O–H groups in total. The maximum atomic E-state index is 15.5. The second-order valence-corrected chi connectivity index (χ2v) is 20.7. The molecule has 0 spiro atoms. The van der Waals surface area contributed by atoms with Crippen LogP contribution in [0, 0.1) is 25.6 Å². The number of oxime groups is 1. The fourth-order valence-corrected chi connectivity index (χ4v) is 10.6. The smallest absolute Gasteiger partial charge is 0.339 e. The van der Waals surface area contributed by atoms with Crippen LogP contribution in [-0.4, -0.2) is 89.7 Å². The molecule has 3 aliphatic heterocycles. The predicted molar refractivity (Wildman–Crippen MR) is 232 cm³/mol. The third-order valence-electron chi connectivity index (χ3n) is 13.2. The number of hydrogen-bond acceptors (Lipinski definition) is 10. The summed E-state index contributed by atoms with van der Waals surface area (Å²) < 4.78 is 40.3. The minimum absolute atomic E-state index is 0.0606. The van der Waals surface area contributed by atoms with E-state index in [0.717, 1.165) is 23.7 Å². The number of benzene rings is 2. The van der Waals surface area contributed by atoms with Crippen molar-refractivity contribution in [1.82, 2.24) is 38.7 Å². The lowest BCUT2D eigenvalue weighted by molar-refractivity contribution is -0.0896. The van der Waals surface area contributed by atoms with E-state index in [9.17, 15) is 14.5 Å². The molecule has 6 aromatic rings. The molecular formula is C45H49FN9O6P. The molecule has 0 bridgehead atoms. The van der Waals surface area contributed by atoms with Gasteiger partial charge in [0, 0.05) is 55.0 Å². The van der Waals surface area contributed by atoms with Crippen LogP contribution in [0.2, 0.25) is 0 Å². The van der Waals surface area contributed by atoms with Crippen molar-refractivity contribution in [2.45, 2.75) is 77.3 Å². The zero-order valence-electron chi connectivity index (χ0n) is 35.5. The lowest BCUT2D eigenvalue weighted by atomic mass is 9.91. The van der Waals surface area contributed by atoms with Gasteiger partial charge in [0.05, 0.1) is 17.4 Å². The molecule has 0 radical (unpaired) electrons. The van der Waals surface area contributed by atoms with Crippen LogP contribution in [0.25, 0.3) is 28.2 Å². The lowest BCUT2D eigenvalue weighted by Crippen LogP contribution is -2.44. The molecule has 7 heterocycles. The van der Waals surface area contributed by atoms with Crippen LogP contribution in [0.5, 0.6) is 0 Å². The number of fused-ring (bicyclic) bond motifs is 2. The zero-order chi connectivity index (χ0) is 43.4. The Morgan fingerprint density at radius 1 is 1.02 bits per heavy atom. The van der Waals surface area contributed by atoms with Crippen molar-refractivity contribution in [3.05, 3.63) is 117 Å². The van der Waals surface area contributed by atoms with Crippen LogP contribution in [0.1, 0.15) is 83.5 Å². The van der Waals surface area contributed by atoms with E-state index in [1.165, 1.54) is 14.7 Å². The first kappa shape index (κ1) is 40.3. The van der Waals surface area contributed by atoms with Crippen molar-refractivity contribution < 1.29 is 28.4 Å². The Hall–Kier alpha value is -5.83. The number of halogens is 1. The van der Waals surface area contributed by atoms with Crippen molar-refractivity contribution in [3.63, 3.8) is 0 Å². The number of nitrogens with zero attached hydrogens (tertiary/aromatic N) is 8. The van der Waals surface area contributed by atoms with Crippen molar-refractivity contribution in [2.75, 3.05) is 33.1 Å². The number of nitrogens with one attached hydrogen (secondary N) is 1. The Bertz CT molecular complexity index is 2930. The Kier molecular flexibility index (Phi) is 9.50. The summed E-state index contributed by atoms with van der Waals surface area (Å²) in [5.74, 6) is 1.05. The molecule has 4 aromatic heterocycles. The lowest BCUT2D eigenvalue weighted by Gasteiger charge is -2.34. The fraction of sp³-hybridized carbons (Fsp3) is 0.400. The number of hydrogen-bond donors (Lipinski definition) is 2. The normalized spacial score (nSPS) is 22.7. The molecular weight excluding hydrogens is 813 g/mol. The van der Waals surface area contributed by atoms with Gasteiger partial charge in [-0.1, -0.05) is 24.2 Å². The van der Waals surface area contributed by atoms with Gasteiger partial charge in [0.2, 0.25) is 0 Å². The number of imidazole rings is 1. The van der Waals surface area contributed by atoms with Gasteiger partial charge in [-0.05, 0) is 124 Å². The summed E-state index contributed by atoms with van der Waals surface area (Å²) in [6, 6.07) is 16.3. The molecule has 2 aromatic carbocycles. The topological polar surface area (TPSA) is 163 Å². The molecule has 15 nitrogen and oxygen atoms in total. The summed E-state index contributed by atoms with van der Waals surface area (Å²) >= 11 is 0. The maximum Gasteiger partial charge on any atom is 0.339 e. The van der Waals surface area contributed by atoms with Crippen LogP contribution in [0.4, 0.5) is 4.39 Å². The summed E-state index contributed by atoms with van der Waals surface area (Å²) in [5, 5.41) is 23.6. The van der Waals surface area contributed by atoms with E-state index >= 15 is 9.18 Å². The molecule has 1 saturated heterocycles. The van der Waals surface area contributed by atoms with E-state index in [1.807, 2.05) is 17.9 Å². The number of aliphatic hydroxyl groups excluding tert-OH is 1. The standard InChI is InChI=1S/C45H49FN9O6P/c1-25-20-32(21-26(2)39(25)46)55-40(53-17-16-52(44(53)58)36-8-7-9-37(47-36)62(5,6)59)38-28(4)51(15-12-33(38)49-55)41(56)35-23-31-22-30(29-13-18-60-19-14-29)10-11-34(31)54(35)45(24-27(45)3)42-48-43(57)61-50-42/h7-11,16-17,20-23,27-29,43,57H,12-15,18-19,24H2,1-6H3,(H,48,50). The molecule has 62 heavy (non-hydrogen) atoms. The second kappa shape index (κ2) is 14.6. The summed E-state index contributed by atoms with van der Waals surface area (Å²) in [5.41, 5.74) is 4.50. The number of ether oxygens (including phenoxy) is 1. The van der Waals surface area contributed by atoms with Gasteiger partial charge >= 0.3 is 12.1 Å². The predicted octanol–water partition coefficient (Wildman–Crippen LogP) is 5.77. The van der Waals surface area contributed by atoms with Crippen molar-refractivity contribution in [3.8, 4) is 17.3 Å². The number of amidine groups is 1. The molecule has 4 atom stereocenters. The van der Waals surface area contributed by atoms with Crippen molar-refractivity contribution >= 4 is 35.2 Å². The SMILES string of the molecule is Cc1cc(-n2nc3c(c2-n2ccn(-c4cccc(P(C)(C)=O)n4)c2=O)C(C)N(C(=O)c2cc4cc(C5CCOCC5)ccc4n2C2(C4=NOC(O)N4)CC2C)CC3)cc(C)c1F. The highest BCUT2D eigenvalue weighted by Gasteiger charge is 2.61. The van der Waals surface area contributed by atoms with Gasteiger partial charge in [-0.25, -0.2) is 18.9 Å². The van der Waals surface area contributed by atoms with Crippen molar-refractivity contribution in [2.24, 2.45) is 11.1 Å². The first-order chi connectivity index (χ1) is 29.6. The Balaban J connectivity index is 1.11. The summed E-state index contributed by atoms with van der Waals surface area (Å²) in [4.78, 5) is 41.7. The molecule has 4 aliphatic rings. The third-order valence-corrected chi connectivity index (χ3v) is 14.6. The Morgan fingerprint density at radius 2 is 1.74 bits per heavy atom. The third kappa shape index (κ3) is 6.36. The molecule has 1 aliphatic carbocycles. The number of carbonyl (C=O) groups is 1. The van der Waals surface area contributed by atoms with Gasteiger partial charge in [-0.15, -0.1) is 0 Å². The van der Waals surface area contributed by atoms with Gasteiger partial charge in [-0.3, -0.25) is 13.9 Å². The van der Waals surface area contributed by atoms with Gasteiger partial charge in [-0.2, -0.15) is 5.10 Å². The molecule has 322 valence electrons. The van der Waals surface area contributed by atoms with Crippen LogP contribution < -0.4 is 16.4 Å². The number of amides is 1. The number of carbonyl (C=O) groups excluding carboxylic acids is 1. The van der Waals surface area contributed by atoms with E-state index in [4.69, 9.17) is 14.7 Å². The van der Waals surface area contributed by atoms with Gasteiger partial charge in [0.25, 0.3) is 5.91 Å². The highest BCUT2D eigenvalue weighted by atomic mass is 31.2. The number of pyridine rings is 1. The number of aliphatic hydroxyl groups is 1. The second-order valence-electron chi connectivity index (χ2n) is 17.6. The quantitative estimate of drug-likeness (QED) is 0.181.